The summed E-state index contributed by atoms with van der Waals surface area (Å²) < 4.78 is 29.3. The number of rotatable bonds is 9. The highest BCUT2D eigenvalue weighted by Gasteiger charge is 2.32. The van der Waals surface area contributed by atoms with Crippen molar-refractivity contribution in [1.29, 1.82) is 0 Å². The molecule has 3 rings (SSSR count). The van der Waals surface area contributed by atoms with Crippen LogP contribution in [0.25, 0.3) is 6.08 Å². The van der Waals surface area contributed by atoms with E-state index < -0.39 is 0 Å². The highest BCUT2D eigenvalue weighted by molar-refractivity contribution is 6.14. The van der Waals surface area contributed by atoms with Crippen LogP contribution in [0.4, 0.5) is 4.39 Å². The van der Waals surface area contributed by atoms with E-state index in [4.69, 9.17) is 14.2 Å². The molecule has 0 fully saturated rings. The molecule has 2 N–H and O–H groups in total. The van der Waals surface area contributed by atoms with Crippen LogP contribution in [0.2, 0.25) is 0 Å². The van der Waals surface area contributed by atoms with Gasteiger partial charge in [-0.3, -0.25) is 4.79 Å². The van der Waals surface area contributed by atoms with Crippen LogP contribution in [-0.2, 0) is 16.0 Å². The predicted molar refractivity (Wildman–Crippen MR) is 106 cm³/mol. The van der Waals surface area contributed by atoms with Gasteiger partial charge in [-0.1, -0.05) is 12.1 Å². The number of aromatic hydroxyl groups is 1. The minimum atomic E-state index is -0.350. The van der Waals surface area contributed by atoms with Crippen molar-refractivity contribution in [2.45, 2.75) is 6.54 Å². The Bertz CT molecular complexity index is 887. The van der Waals surface area contributed by atoms with E-state index >= 15 is 0 Å². The number of fused-ring (bicyclic) bond motifs is 1. The smallest absolute Gasteiger partial charge is 0.231 e. The summed E-state index contributed by atoms with van der Waals surface area (Å²) in [6.45, 7) is 3.01. The number of carbonyl (C=O) groups is 1. The fraction of sp³-hybridized carbons (Fsp3) is 0.318. The van der Waals surface area contributed by atoms with Crippen molar-refractivity contribution < 1.29 is 33.4 Å². The number of phenolic OH excluding ortho intramolecular Hbond substituents is 1. The molecule has 6 nitrogen and oxygen atoms in total. The molecular weight excluding hydrogens is 377 g/mol. The molecule has 0 atom stereocenters. The molecule has 0 unspecified atom stereocenters. The van der Waals surface area contributed by atoms with Gasteiger partial charge >= 0.3 is 0 Å². The van der Waals surface area contributed by atoms with Gasteiger partial charge in [0.1, 0.15) is 31.2 Å². The van der Waals surface area contributed by atoms with Crippen LogP contribution in [-0.4, -0.2) is 51.4 Å². The van der Waals surface area contributed by atoms with Gasteiger partial charge < -0.3 is 24.2 Å². The van der Waals surface area contributed by atoms with Gasteiger partial charge in [0.15, 0.2) is 11.5 Å². The topological polar surface area (TPSA) is 69.4 Å². The third kappa shape index (κ3) is 5.00. The number of halogens is 1. The van der Waals surface area contributed by atoms with Crippen molar-refractivity contribution in [1.82, 2.24) is 0 Å². The van der Waals surface area contributed by atoms with Crippen LogP contribution in [0.5, 0.6) is 11.5 Å². The van der Waals surface area contributed by atoms with Crippen LogP contribution in [0, 0.1) is 5.82 Å². The number of quaternary nitrogens is 1. The summed E-state index contributed by atoms with van der Waals surface area (Å²) in [5.41, 5.74) is 1.63. The lowest BCUT2D eigenvalue weighted by atomic mass is 10.0. The van der Waals surface area contributed by atoms with Crippen molar-refractivity contribution in [2.24, 2.45) is 0 Å². The zero-order valence-corrected chi connectivity index (χ0v) is 16.5. The molecule has 1 aliphatic rings. The number of allylic oxidation sites excluding steroid dienone is 1. The van der Waals surface area contributed by atoms with E-state index in [0.29, 0.717) is 42.2 Å². The van der Waals surface area contributed by atoms with E-state index in [1.54, 1.807) is 38.5 Å². The largest absolute Gasteiger partial charge is 0.507 e. The molecule has 0 spiro atoms. The van der Waals surface area contributed by atoms with E-state index in [0.717, 1.165) is 18.0 Å². The summed E-state index contributed by atoms with van der Waals surface area (Å²) in [6.07, 6.45) is 1.57. The summed E-state index contributed by atoms with van der Waals surface area (Å²) in [7, 11) is 3.28. The van der Waals surface area contributed by atoms with Gasteiger partial charge in [0.2, 0.25) is 5.78 Å². The summed E-state index contributed by atoms with van der Waals surface area (Å²) in [6, 6.07) is 8.86. The highest BCUT2D eigenvalue weighted by Crippen LogP contribution is 2.39. The Balaban J connectivity index is 1.88. The number of nitrogens with one attached hydrogen (secondary N) is 1. The molecule has 0 amide bonds. The average molecular weight is 402 g/mol. The fourth-order valence-corrected chi connectivity index (χ4v) is 3.22. The number of hydrogen-bond donors (Lipinski definition) is 2. The van der Waals surface area contributed by atoms with Crippen LogP contribution < -0.4 is 9.64 Å². The van der Waals surface area contributed by atoms with E-state index in [1.165, 1.54) is 18.2 Å². The third-order valence-corrected chi connectivity index (χ3v) is 4.83. The number of phenols is 1. The Kier molecular flexibility index (Phi) is 6.98. The van der Waals surface area contributed by atoms with E-state index in [2.05, 4.69) is 0 Å². The summed E-state index contributed by atoms with van der Waals surface area (Å²) in [5, 5.41) is 10.4. The maximum atomic E-state index is 13.1. The Morgan fingerprint density at radius 2 is 1.72 bits per heavy atom. The summed E-state index contributed by atoms with van der Waals surface area (Å²) in [5.74, 6) is -0.0196. The molecule has 154 valence electrons. The molecular formula is C22H25FNO5+. The highest BCUT2D eigenvalue weighted by atomic mass is 19.1. The quantitative estimate of drug-likeness (QED) is 0.627. The molecule has 0 aromatic heterocycles. The van der Waals surface area contributed by atoms with Crippen molar-refractivity contribution >= 4 is 11.9 Å². The van der Waals surface area contributed by atoms with Gasteiger partial charge in [-0.25, -0.2) is 4.39 Å². The van der Waals surface area contributed by atoms with Crippen LogP contribution in [0.3, 0.4) is 0 Å². The molecule has 0 saturated heterocycles. The Hall–Kier alpha value is -2.74. The Labute approximate surface area is 169 Å². The van der Waals surface area contributed by atoms with Crippen LogP contribution in [0.1, 0.15) is 21.5 Å². The lowest BCUT2D eigenvalue weighted by molar-refractivity contribution is -0.914. The SMILES string of the molecule is COCC[NH+](CCOC)Cc1c(O)ccc2c1O/C(=C/c1ccc(F)cc1)C2=O. The first-order valence-corrected chi connectivity index (χ1v) is 9.39. The lowest BCUT2D eigenvalue weighted by Gasteiger charge is -2.20. The van der Waals surface area contributed by atoms with E-state index in [9.17, 15) is 14.3 Å². The molecule has 1 heterocycles. The molecule has 0 saturated carbocycles. The number of methoxy groups -OCH3 is 2. The Morgan fingerprint density at radius 3 is 2.34 bits per heavy atom. The fourth-order valence-electron chi connectivity index (χ4n) is 3.22. The number of carbonyl (C=O) groups excluding carboxylic acids is 1. The standard InChI is InChI=1S/C22H24FNO5/c1-27-11-9-24(10-12-28-2)14-18-19(25)8-7-17-21(26)20(29-22(17)18)13-15-3-5-16(23)6-4-15/h3-8,13,25H,9-12,14H2,1-2H3/p+1/b20-13+. The summed E-state index contributed by atoms with van der Waals surface area (Å²) in [4.78, 5) is 13.9. The van der Waals surface area contributed by atoms with Gasteiger partial charge in [0, 0.05) is 14.2 Å². The van der Waals surface area contributed by atoms with Gasteiger partial charge in [-0.05, 0) is 35.9 Å². The number of ether oxygens (including phenoxy) is 3. The minimum absolute atomic E-state index is 0.0758. The van der Waals surface area contributed by atoms with Crippen molar-refractivity contribution in [3.63, 3.8) is 0 Å². The van der Waals surface area contributed by atoms with Gasteiger partial charge in [-0.15, -0.1) is 0 Å². The first kappa shape index (κ1) is 21.0. The van der Waals surface area contributed by atoms with Gasteiger partial charge in [0.25, 0.3) is 0 Å². The first-order chi connectivity index (χ1) is 14.0. The van der Waals surface area contributed by atoms with Crippen molar-refractivity contribution in [2.75, 3.05) is 40.5 Å². The van der Waals surface area contributed by atoms with Gasteiger partial charge in [0.05, 0.1) is 24.3 Å². The minimum Gasteiger partial charge on any atom is -0.507 e. The molecule has 1 aliphatic heterocycles. The van der Waals surface area contributed by atoms with Crippen molar-refractivity contribution in [3.05, 3.63) is 64.7 Å². The van der Waals surface area contributed by atoms with Crippen LogP contribution >= 0.6 is 0 Å². The maximum Gasteiger partial charge on any atom is 0.231 e. The third-order valence-electron chi connectivity index (χ3n) is 4.83. The number of Topliss-reactive ketones (excluding diaryl/α,β-unsaturated/α-hetero) is 1. The molecule has 0 bridgehead atoms. The van der Waals surface area contributed by atoms with E-state index in [-0.39, 0.29) is 23.1 Å². The number of ketones is 1. The zero-order valence-electron chi connectivity index (χ0n) is 16.5. The van der Waals surface area contributed by atoms with Crippen LogP contribution in [0.15, 0.2) is 42.2 Å². The maximum absolute atomic E-state index is 13.1. The second-order valence-electron chi connectivity index (χ2n) is 6.84. The molecule has 2 aromatic rings. The normalized spacial score (nSPS) is 14.5. The molecule has 2 aromatic carbocycles. The Morgan fingerprint density at radius 1 is 1.07 bits per heavy atom. The predicted octanol–water partition coefficient (Wildman–Crippen LogP) is 1.83. The van der Waals surface area contributed by atoms with Gasteiger partial charge in [-0.2, -0.15) is 0 Å². The average Bonchev–Trinajstić information content (AvgIpc) is 3.03. The number of hydrogen-bond acceptors (Lipinski definition) is 5. The lowest BCUT2D eigenvalue weighted by Crippen LogP contribution is -3.11. The second-order valence-corrected chi connectivity index (χ2v) is 6.84. The summed E-state index contributed by atoms with van der Waals surface area (Å²) >= 11 is 0. The zero-order chi connectivity index (χ0) is 20.8. The molecule has 0 aliphatic carbocycles. The number of benzene rings is 2. The van der Waals surface area contributed by atoms with E-state index in [1.807, 2.05) is 0 Å². The monoisotopic (exact) mass is 402 g/mol. The second kappa shape index (κ2) is 9.65. The van der Waals surface area contributed by atoms with Crippen molar-refractivity contribution in [3.8, 4) is 11.5 Å². The molecule has 7 heteroatoms. The first-order valence-electron chi connectivity index (χ1n) is 9.39. The molecule has 0 radical (unpaired) electrons. The molecule has 29 heavy (non-hydrogen) atoms.